The number of benzene rings is 1. The van der Waals surface area contributed by atoms with Gasteiger partial charge in [0.2, 0.25) is 11.8 Å². The first-order valence-electron chi connectivity index (χ1n) is 7.93. The van der Waals surface area contributed by atoms with E-state index < -0.39 is 0 Å². The van der Waals surface area contributed by atoms with Crippen molar-refractivity contribution in [2.75, 3.05) is 4.90 Å². The van der Waals surface area contributed by atoms with Gasteiger partial charge in [-0.2, -0.15) is 0 Å². The summed E-state index contributed by atoms with van der Waals surface area (Å²) in [6, 6.07) is 6.24. The van der Waals surface area contributed by atoms with Gasteiger partial charge in [-0.1, -0.05) is 17.7 Å². The molecule has 4 heteroatoms. The number of anilines is 1. The number of nitrogens with zero attached hydrogens (tertiary/aromatic N) is 1. The Bertz CT molecular complexity index is 748. The van der Waals surface area contributed by atoms with Crippen LogP contribution in [0.5, 0.6) is 5.75 Å². The number of imide groups is 1. The van der Waals surface area contributed by atoms with E-state index in [0.717, 1.165) is 18.4 Å². The largest absolute Gasteiger partial charge is 0.508 e. The van der Waals surface area contributed by atoms with Gasteiger partial charge in [-0.15, -0.1) is 6.58 Å². The van der Waals surface area contributed by atoms with E-state index in [4.69, 9.17) is 0 Å². The zero-order valence-corrected chi connectivity index (χ0v) is 13.0. The molecule has 4 unspecified atom stereocenters. The van der Waals surface area contributed by atoms with Gasteiger partial charge in [-0.25, -0.2) is 0 Å². The minimum Gasteiger partial charge on any atom is -0.508 e. The Kier molecular flexibility index (Phi) is 2.83. The van der Waals surface area contributed by atoms with Gasteiger partial charge in [0.15, 0.2) is 0 Å². The first kappa shape index (κ1) is 14.2. The number of hydrogen-bond donors (Lipinski definition) is 1. The van der Waals surface area contributed by atoms with Gasteiger partial charge in [0.05, 0.1) is 17.5 Å². The fourth-order valence-corrected chi connectivity index (χ4v) is 4.75. The molecule has 118 valence electrons. The summed E-state index contributed by atoms with van der Waals surface area (Å²) >= 11 is 0. The summed E-state index contributed by atoms with van der Waals surface area (Å²) in [5.74, 6) is -0.481. The summed E-state index contributed by atoms with van der Waals surface area (Å²) in [6.45, 7) is 5.98. The minimum atomic E-state index is -0.282. The third-order valence-corrected chi connectivity index (χ3v) is 5.46. The van der Waals surface area contributed by atoms with Crippen LogP contribution in [0.15, 0.2) is 48.6 Å². The van der Waals surface area contributed by atoms with Crippen molar-refractivity contribution in [2.24, 2.45) is 23.2 Å². The van der Waals surface area contributed by atoms with Crippen molar-refractivity contribution in [1.29, 1.82) is 0 Å². The van der Waals surface area contributed by atoms with Crippen LogP contribution in [-0.4, -0.2) is 16.9 Å². The molecule has 1 aliphatic heterocycles. The molecule has 2 bridgehead atoms. The lowest BCUT2D eigenvalue weighted by Gasteiger charge is -2.30. The quantitative estimate of drug-likeness (QED) is 0.689. The van der Waals surface area contributed by atoms with Gasteiger partial charge >= 0.3 is 0 Å². The highest BCUT2D eigenvalue weighted by Crippen LogP contribution is 2.62. The Hall–Kier alpha value is -2.36. The number of phenols is 1. The molecule has 0 radical (unpaired) electrons. The number of aromatic hydroxyl groups is 1. The molecule has 4 nitrogen and oxygen atoms in total. The number of fused-ring (bicyclic) bond motifs is 5. The third-order valence-electron chi connectivity index (χ3n) is 5.46. The molecule has 1 saturated carbocycles. The van der Waals surface area contributed by atoms with Gasteiger partial charge in [-0.05, 0) is 49.9 Å². The number of carbonyl (C=O) groups excluding carboxylic acids is 2. The standard InChI is InChI=1S/C19H19NO3/c1-11(2)9-19-8-7-12(10-19)15-16(19)18(23)20(17(15)22)13-3-5-14(21)6-4-13/h3-8,12,15-16,21H,1,9-10H2,2H3. The number of hydrogen-bond acceptors (Lipinski definition) is 3. The van der Waals surface area contributed by atoms with E-state index in [2.05, 4.69) is 18.7 Å². The average molecular weight is 309 g/mol. The second kappa shape index (κ2) is 4.57. The maximum atomic E-state index is 13.0. The van der Waals surface area contributed by atoms with Crippen LogP contribution in [0.25, 0.3) is 0 Å². The van der Waals surface area contributed by atoms with Crippen LogP contribution in [-0.2, 0) is 9.59 Å². The number of amides is 2. The Morgan fingerprint density at radius 3 is 2.65 bits per heavy atom. The van der Waals surface area contributed by atoms with Crippen LogP contribution in [0.4, 0.5) is 5.69 Å². The molecule has 2 amide bonds. The van der Waals surface area contributed by atoms with Crippen LogP contribution in [0, 0.1) is 23.2 Å². The second-order valence-corrected chi connectivity index (χ2v) is 7.13. The lowest BCUT2D eigenvalue weighted by molar-refractivity contribution is -0.123. The lowest BCUT2D eigenvalue weighted by atomic mass is 9.71. The molecule has 1 saturated heterocycles. The minimum absolute atomic E-state index is 0.108. The van der Waals surface area contributed by atoms with Crippen molar-refractivity contribution in [1.82, 2.24) is 0 Å². The fraction of sp³-hybridized carbons (Fsp3) is 0.368. The zero-order chi connectivity index (χ0) is 16.4. The molecule has 2 aliphatic carbocycles. The normalized spacial score (nSPS) is 34.3. The maximum Gasteiger partial charge on any atom is 0.238 e. The van der Waals surface area contributed by atoms with E-state index >= 15 is 0 Å². The van der Waals surface area contributed by atoms with Crippen molar-refractivity contribution < 1.29 is 14.7 Å². The van der Waals surface area contributed by atoms with Crippen molar-refractivity contribution in [3.05, 3.63) is 48.6 Å². The smallest absolute Gasteiger partial charge is 0.238 e. The topological polar surface area (TPSA) is 57.6 Å². The number of allylic oxidation sites excluding steroid dienone is 3. The van der Waals surface area contributed by atoms with Gasteiger partial charge in [0.25, 0.3) is 0 Å². The van der Waals surface area contributed by atoms with Crippen molar-refractivity contribution in [3.8, 4) is 5.75 Å². The Labute approximate surface area is 135 Å². The molecule has 1 aromatic carbocycles. The van der Waals surface area contributed by atoms with Crippen LogP contribution < -0.4 is 4.90 Å². The molecule has 1 N–H and O–H groups in total. The van der Waals surface area contributed by atoms with Crippen molar-refractivity contribution >= 4 is 17.5 Å². The van der Waals surface area contributed by atoms with Gasteiger partial charge in [0, 0.05) is 5.41 Å². The highest BCUT2D eigenvalue weighted by atomic mass is 16.3. The summed E-state index contributed by atoms with van der Waals surface area (Å²) in [6.07, 6.45) is 5.87. The maximum absolute atomic E-state index is 13.0. The predicted octanol–water partition coefficient (Wildman–Crippen LogP) is 3.04. The molecular formula is C19H19NO3. The Morgan fingerprint density at radius 2 is 2.00 bits per heavy atom. The van der Waals surface area contributed by atoms with Crippen LogP contribution in [0.1, 0.15) is 19.8 Å². The van der Waals surface area contributed by atoms with Crippen LogP contribution in [0.3, 0.4) is 0 Å². The van der Waals surface area contributed by atoms with E-state index in [1.165, 1.54) is 17.0 Å². The molecule has 3 aliphatic rings. The SMILES string of the molecule is C=C(C)CC12C=CC(C1)C1C(=O)N(c3ccc(O)cc3)C(=O)C12. The predicted molar refractivity (Wildman–Crippen MR) is 86.7 cm³/mol. The first-order valence-corrected chi connectivity index (χ1v) is 7.93. The molecule has 0 aromatic heterocycles. The summed E-state index contributed by atoms with van der Waals surface area (Å²) in [7, 11) is 0. The summed E-state index contributed by atoms with van der Waals surface area (Å²) in [5, 5.41) is 9.42. The number of carbonyl (C=O) groups is 2. The number of rotatable bonds is 3. The van der Waals surface area contributed by atoms with Crippen LogP contribution >= 0.6 is 0 Å². The zero-order valence-electron chi connectivity index (χ0n) is 13.0. The van der Waals surface area contributed by atoms with Gasteiger partial charge in [0.1, 0.15) is 5.75 Å². The van der Waals surface area contributed by atoms with Crippen molar-refractivity contribution in [3.63, 3.8) is 0 Å². The van der Waals surface area contributed by atoms with E-state index in [9.17, 15) is 14.7 Å². The van der Waals surface area contributed by atoms with Crippen LogP contribution in [0.2, 0.25) is 0 Å². The van der Waals surface area contributed by atoms with Crippen molar-refractivity contribution in [2.45, 2.75) is 19.8 Å². The Balaban J connectivity index is 1.74. The van der Waals surface area contributed by atoms with E-state index in [1.54, 1.807) is 12.1 Å². The average Bonchev–Trinajstić information content (AvgIpc) is 3.10. The molecule has 23 heavy (non-hydrogen) atoms. The van der Waals surface area contributed by atoms with E-state index in [0.29, 0.717) is 5.69 Å². The molecule has 1 aromatic rings. The molecule has 2 fully saturated rings. The fourth-order valence-electron chi connectivity index (χ4n) is 4.75. The highest BCUT2D eigenvalue weighted by molar-refractivity contribution is 6.23. The van der Waals surface area contributed by atoms with Gasteiger partial charge in [-0.3, -0.25) is 14.5 Å². The molecule has 4 rings (SSSR count). The summed E-state index contributed by atoms with van der Waals surface area (Å²) in [5.41, 5.74) is 1.33. The van der Waals surface area contributed by atoms with E-state index in [1.807, 2.05) is 6.92 Å². The molecule has 0 spiro atoms. The third kappa shape index (κ3) is 1.84. The molecule has 4 atom stereocenters. The van der Waals surface area contributed by atoms with E-state index in [-0.39, 0.29) is 40.7 Å². The molecular weight excluding hydrogens is 290 g/mol. The molecule has 1 heterocycles. The monoisotopic (exact) mass is 309 g/mol. The number of phenolic OH excluding ortho intramolecular Hbond substituents is 1. The lowest BCUT2D eigenvalue weighted by Crippen LogP contribution is -2.35. The summed E-state index contributed by atoms with van der Waals surface area (Å²) < 4.78 is 0. The highest BCUT2D eigenvalue weighted by Gasteiger charge is 2.65. The Morgan fingerprint density at radius 1 is 1.30 bits per heavy atom. The second-order valence-electron chi connectivity index (χ2n) is 7.13. The first-order chi connectivity index (χ1) is 10.9. The summed E-state index contributed by atoms with van der Waals surface area (Å²) in [4.78, 5) is 27.2. The van der Waals surface area contributed by atoms with Gasteiger partial charge < -0.3 is 5.11 Å².